The fourth-order valence-electron chi connectivity index (χ4n) is 3.70. The first-order chi connectivity index (χ1) is 14.0. The topological polar surface area (TPSA) is 75.6 Å². The molecule has 0 radical (unpaired) electrons. The van der Waals surface area contributed by atoms with Crippen LogP contribution in [0, 0.1) is 0 Å². The third kappa shape index (κ3) is 3.89. The second-order valence-corrected chi connectivity index (χ2v) is 7.71. The van der Waals surface area contributed by atoms with Gasteiger partial charge in [0.15, 0.2) is 6.04 Å². The van der Waals surface area contributed by atoms with Crippen LogP contribution in [0.4, 0.5) is 4.79 Å². The van der Waals surface area contributed by atoms with Crippen molar-refractivity contribution >= 4 is 28.0 Å². The van der Waals surface area contributed by atoms with E-state index in [2.05, 4.69) is 33.4 Å². The third-order valence-corrected chi connectivity index (χ3v) is 5.58. The number of carbonyl (C=O) groups excluding carboxylic acids is 1. The van der Waals surface area contributed by atoms with E-state index in [4.69, 9.17) is 4.74 Å². The number of carboxylic acids is 1. The Kier molecular flexibility index (Phi) is 5.36. The summed E-state index contributed by atoms with van der Waals surface area (Å²) in [6.45, 7) is 0.131. The van der Waals surface area contributed by atoms with Crippen molar-refractivity contribution in [3.63, 3.8) is 0 Å². The van der Waals surface area contributed by atoms with E-state index in [1.54, 1.807) is 24.3 Å². The van der Waals surface area contributed by atoms with E-state index < -0.39 is 18.1 Å². The average Bonchev–Trinajstić information content (AvgIpc) is 3.05. The fraction of sp³-hybridized carbons (Fsp3) is 0.130. The van der Waals surface area contributed by atoms with Gasteiger partial charge in [-0.25, -0.2) is 9.59 Å². The van der Waals surface area contributed by atoms with Gasteiger partial charge in [0.05, 0.1) is 0 Å². The Balaban J connectivity index is 1.48. The van der Waals surface area contributed by atoms with Crippen molar-refractivity contribution in [3.8, 4) is 11.1 Å². The predicted molar refractivity (Wildman–Crippen MR) is 113 cm³/mol. The maximum absolute atomic E-state index is 12.4. The maximum Gasteiger partial charge on any atom is 0.408 e. The van der Waals surface area contributed by atoms with Crippen molar-refractivity contribution in [2.75, 3.05) is 6.61 Å². The van der Waals surface area contributed by atoms with E-state index in [0.717, 1.165) is 26.7 Å². The molecule has 0 aliphatic heterocycles. The Bertz CT molecular complexity index is 1020. The lowest BCUT2D eigenvalue weighted by Gasteiger charge is -2.17. The molecule has 1 amide bonds. The molecule has 0 saturated heterocycles. The molecule has 5 nitrogen and oxygen atoms in total. The number of carboxylic acid groups (broad SMARTS) is 1. The van der Waals surface area contributed by atoms with E-state index in [-0.39, 0.29) is 12.5 Å². The van der Waals surface area contributed by atoms with Gasteiger partial charge < -0.3 is 15.2 Å². The smallest absolute Gasteiger partial charge is 0.408 e. The second-order valence-electron chi connectivity index (χ2n) is 6.79. The summed E-state index contributed by atoms with van der Waals surface area (Å²) in [4.78, 5) is 24.0. The molecule has 0 saturated carbocycles. The van der Waals surface area contributed by atoms with Crippen LogP contribution in [0.2, 0.25) is 0 Å². The van der Waals surface area contributed by atoms with Crippen molar-refractivity contribution < 1.29 is 19.4 Å². The summed E-state index contributed by atoms with van der Waals surface area (Å²) >= 11 is 3.31. The zero-order valence-corrected chi connectivity index (χ0v) is 16.9. The summed E-state index contributed by atoms with van der Waals surface area (Å²) in [6.07, 6.45) is -0.762. The van der Waals surface area contributed by atoms with Crippen LogP contribution < -0.4 is 5.32 Å². The summed E-state index contributed by atoms with van der Waals surface area (Å²) in [5.74, 6) is -1.23. The SMILES string of the molecule is O=C(N[C@@H](C(=O)O)c1ccc(Br)cc1)OCC1c2ccccc2-c2ccccc21. The molecule has 29 heavy (non-hydrogen) atoms. The standard InChI is InChI=1S/C23H18BrNO4/c24-15-11-9-14(10-12-15)21(22(26)27)25-23(28)29-13-20-18-7-3-1-5-16(18)17-6-2-4-8-19(17)20/h1-12,20-21H,13H2,(H,25,28)(H,26,27)/t21-/m1/s1. The molecule has 3 aromatic carbocycles. The van der Waals surface area contributed by atoms with Crippen molar-refractivity contribution in [3.05, 3.63) is 94.0 Å². The number of amides is 1. The van der Waals surface area contributed by atoms with Crippen molar-refractivity contribution in [2.45, 2.75) is 12.0 Å². The average molecular weight is 452 g/mol. The number of benzene rings is 3. The van der Waals surface area contributed by atoms with Gasteiger partial charge in [0.2, 0.25) is 0 Å². The molecule has 4 rings (SSSR count). The normalized spacial score (nSPS) is 13.3. The molecular formula is C23H18BrNO4. The van der Waals surface area contributed by atoms with Gasteiger partial charge >= 0.3 is 12.1 Å². The molecule has 1 aliphatic rings. The molecule has 146 valence electrons. The van der Waals surface area contributed by atoms with Crippen LogP contribution in [0.1, 0.15) is 28.7 Å². The molecule has 2 N–H and O–H groups in total. The summed E-state index contributed by atoms with van der Waals surface area (Å²) in [5.41, 5.74) is 4.94. The van der Waals surface area contributed by atoms with Gasteiger partial charge in [0.1, 0.15) is 6.61 Å². The van der Waals surface area contributed by atoms with Crippen LogP contribution in [-0.2, 0) is 9.53 Å². The first kappa shape index (κ1) is 19.2. The summed E-state index contributed by atoms with van der Waals surface area (Å²) in [6, 6.07) is 21.6. The van der Waals surface area contributed by atoms with Crippen LogP contribution in [0.25, 0.3) is 11.1 Å². The van der Waals surface area contributed by atoms with Gasteiger partial charge in [-0.15, -0.1) is 0 Å². The monoisotopic (exact) mass is 451 g/mol. The second kappa shape index (κ2) is 8.09. The van der Waals surface area contributed by atoms with Gasteiger partial charge in [-0.3, -0.25) is 0 Å². The summed E-state index contributed by atoms with van der Waals surface area (Å²) < 4.78 is 6.27. The molecule has 0 aromatic heterocycles. The highest BCUT2D eigenvalue weighted by Crippen LogP contribution is 2.44. The fourth-order valence-corrected chi connectivity index (χ4v) is 3.97. The van der Waals surface area contributed by atoms with E-state index in [0.29, 0.717) is 5.56 Å². The number of fused-ring (bicyclic) bond motifs is 3. The highest BCUT2D eigenvalue weighted by atomic mass is 79.9. The Labute approximate surface area is 176 Å². The number of hydrogen-bond acceptors (Lipinski definition) is 3. The van der Waals surface area contributed by atoms with Crippen LogP contribution in [0.5, 0.6) is 0 Å². The predicted octanol–water partition coefficient (Wildman–Crippen LogP) is 5.11. The minimum Gasteiger partial charge on any atom is -0.479 e. The van der Waals surface area contributed by atoms with E-state index >= 15 is 0 Å². The van der Waals surface area contributed by atoms with Crippen LogP contribution in [-0.4, -0.2) is 23.8 Å². The largest absolute Gasteiger partial charge is 0.479 e. The lowest BCUT2D eigenvalue weighted by atomic mass is 9.98. The highest BCUT2D eigenvalue weighted by molar-refractivity contribution is 9.10. The molecular weight excluding hydrogens is 434 g/mol. The molecule has 0 heterocycles. The van der Waals surface area contributed by atoms with Crippen molar-refractivity contribution in [2.24, 2.45) is 0 Å². The first-order valence-corrected chi connectivity index (χ1v) is 9.93. The molecule has 1 aliphatic carbocycles. The lowest BCUT2D eigenvalue weighted by Crippen LogP contribution is -2.34. The van der Waals surface area contributed by atoms with Crippen LogP contribution >= 0.6 is 15.9 Å². The Morgan fingerprint density at radius 1 is 0.931 bits per heavy atom. The molecule has 0 bridgehead atoms. The molecule has 0 fully saturated rings. The number of nitrogens with one attached hydrogen (secondary N) is 1. The van der Waals surface area contributed by atoms with Crippen LogP contribution in [0.3, 0.4) is 0 Å². The maximum atomic E-state index is 12.4. The highest BCUT2D eigenvalue weighted by Gasteiger charge is 2.30. The van der Waals surface area contributed by atoms with Gasteiger partial charge in [-0.1, -0.05) is 76.6 Å². The number of alkyl carbamates (subject to hydrolysis) is 1. The summed E-state index contributed by atoms with van der Waals surface area (Å²) in [7, 11) is 0. The quantitative estimate of drug-likeness (QED) is 0.564. The summed E-state index contributed by atoms with van der Waals surface area (Å²) in [5, 5.41) is 12.0. The van der Waals surface area contributed by atoms with Crippen molar-refractivity contribution in [1.82, 2.24) is 5.32 Å². The van der Waals surface area contributed by atoms with Gasteiger partial charge in [0, 0.05) is 10.4 Å². The van der Waals surface area contributed by atoms with Gasteiger partial charge in [0.25, 0.3) is 0 Å². The van der Waals surface area contributed by atoms with E-state index in [1.165, 1.54) is 0 Å². The number of halogens is 1. The Hall–Kier alpha value is -3.12. The Morgan fingerprint density at radius 2 is 1.48 bits per heavy atom. The molecule has 6 heteroatoms. The molecule has 0 spiro atoms. The number of ether oxygens (including phenoxy) is 1. The van der Waals surface area contributed by atoms with Gasteiger partial charge in [-0.2, -0.15) is 0 Å². The van der Waals surface area contributed by atoms with Crippen LogP contribution in [0.15, 0.2) is 77.3 Å². The first-order valence-electron chi connectivity index (χ1n) is 9.14. The number of hydrogen-bond donors (Lipinski definition) is 2. The zero-order valence-electron chi connectivity index (χ0n) is 15.3. The zero-order chi connectivity index (χ0) is 20.4. The third-order valence-electron chi connectivity index (χ3n) is 5.06. The minimum atomic E-state index is -1.18. The molecule has 1 atom stereocenters. The molecule has 3 aromatic rings. The van der Waals surface area contributed by atoms with Crippen molar-refractivity contribution in [1.29, 1.82) is 0 Å². The minimum absolute atomic E-state index is 0.0795. The number of carbonyl (C=O) groups is 2. The van der Waals surface area contributed by atoms with E-state index in [1.807, 2.05) is 36.4 Å². The Morgan fingerprint density at radius 3 is 2.03 bits per heavy atom. The van der Waals surface area contributed by atoms with Gasteiger partial charge in [-0.05, 0) is 39.9 Å². The number of aliphatic carboxylic acids is 1. The number of rotatable bonds is 5. The van der Waals surface area contributed by atoms with E-state index in [9.17, 15) is 14.7 Å². The lowest BCUT2D eigenvalue weighted by molar-refractivity contribution is -0.139. The molecule has 0 unspecified atom stereocenters.